The Hall–Kier alpha value is -2.84. The normalized spacial score (nSPS) is 17.1. The Balaban J connectivity index is 2.01. The van der Waals surface area contributed by atoms with E-state index in [1.54, 1.807) is 20.8 Å². The molecule has 2 rings (SSSR count). The molecule has 0 aromatic heterocycles. The molecular weight excluding hydrogens is 364 g/mol. The second-order valence-electron chi connectivity index (χ2n) is 8.00. The fourth-order valence-corrected chi connectivity index (χ4v) is 3.30. The maximum absolute atomic E-state index is 11.7. The molecule has 1 aliphatic heterocycles. The van der Waals surface area contributed by atoms with Crippen LogP contribution in [0.25, 0.3) is 0 Å². The second-order valence-corrected chi connectivity index (χ2v) is 8.00. The number of nitro benzene ring substituents is 1. The largest absolute Gasteiger partial charge is 0.444 e. The van der Waals surface area contributed by atoms with Gasteiger partial charge >= 0.3 is 6.09 Å². The summed E-state index contributed by atoms with van der Waals surface area (Å²) < 4.78 is 5.22. The highest BCUT2D eigenvalue weighted by molar-refractivity contribution is 5.94. The smallest absolute Gasteiger partial charge is 0.407 e. The van der Waals surface area contributed by atoms with Crippen molar-refractivity contribution in [1.82, 2.24) is 5.32 Å². The summed E-state index contributed by atoms with van der Waals surface area (Å²) >= 11 is 0. The van der Waals surface area contributed by atoms with E-state index in [-0.39, 0.29) is 17.2 Å². The second kappa shape index (κ2) is 8.90. The Kier molecular flexibility index (Phi) is 6.82. The van der Waals surface area contributed by atoms with E-state index in [2.05, 4.69) is 5.32 Å². The topological polar surface area (TPSA) is 128 Å². The van der Waals surface area contributed by atoms with E-state index in [4.69, 9.17) is 10.5 Å². The Morgan fingerprint density at radius 1 is 1.39 bits per heavy atom. The first-order valence-corrected chi connectivity index (χ1v) is 9.37. The highest BCUT2D eigenvalue weighted by Gasteiger charge is 2.26. The van der Waals surface area contributed by atoms with Crippen LogP contribution in [-0.4, -0.2) is 42.2 Å². The van der Waals surface area contributed by atoms with E-state index >= 15 is 0 Å². The molecule has 0 spiro atoms. The Morgan fingerprint density at radius 2 is 2.11 bits per heavy atom. The van der Waals surface area contributed by atoms with Crippen molar-refractivity contribution < 1.29 is 19.2 Å². The van der Waals surface area contributed by atoms with Crippen LogP contribution in [0.4, 0.5) is 16.2 Å². The Labute approximate surface area is 164 Å². The molecule has 9 heteroatoms. The number of nitrogens with two attached hydrogens (primary N) is 1. The summed E-state index contributed by atoms with van der Waals surface area (Å²) in [6.45, 7) is 7.16. The van der Waals surface area contributed by atoms with Crippen molar-refractivity contribution in [3.05, 3.63) is 33.9 Å². The molecule has 1 fully saturated rings. The van der Waals surface area contributed by atoms with Crippen LogP contribution < -0.4 is 16.0 Å². The lowest BCUT2D eigenvalue weighted by Gasteiger charge is -2.34. The molecule has 1 aliphatic rings. The van der Waals surface area contributed by atoms with Crippen molar-refractivity contribution >= 4 is 23.4 Å². The molecular formula is C19H28N4O5. The fraction of sp³-hybridized carbons (Fsp3) is 0.579. The van der Waals surface area contributed by atoms with Gasteiger partial charge in [-0.2, -0.15) is 0 Å². The number of hydrogen-bond acceptors (Lipinski definition) is 6. The van der Waals surface area contributed by atoms with E-state index in [1.807, 2.05) is 4.90 Å². The first-order valence-electron chi connectivity index (χ1n) is 9.37. The molecule has 9 nitrogen and oxygen atoms in total. The van der Waals surface area contributed by atoms with Gasteiger partial charge in [-0.25, -0.2) is 4.79 Å². The van der Waals surface area contributed by atoms with Gasteiger partial charge in [0.2, 0.25) is 5.91 Å². The molecule has 1 aromatic carbocycles. The highest BCUT2D eigenvalue weighted by atomic mass is 16.6. The van der Waals surface area contributed by atoms with Crippen molar-refractivity contribution in [3.8, 4) is 0 Å². The van der Waals surface area contributed by atoms with Gasteiger partial charge in [0.25, 0.3) is 5.69 Å². The molecule has 1 saturated heterocycles. The molecule has 0 bridgehead atoms. The number of hydrogen-bond donors (Lipinski definition) is 2. The van der Waals surface area contributed by atoms with Gasteiger partial charge in [-0.05, 0) is 58.1 Å². The number of carbonyl (C=O) groups is 2. The summed E-state index contributed by atoms with van der Waals surface area (Å²) in [5.74, 6) is -0.355. The molecule has 1 unspecified atom stereocenters. The molecule has 0 radical (unpaired) electrons. The van der Waals surface area contributed by atoms with Crippen LogP contribution in [0.5, 0.6) is 0 Å². The third kappa shape index (κ3) is 6.11. The van der Waals surface area contributed by atoms with E-state index in [9.17, 15) is 19.7 Å². The van der Waals surface area contributed by atoms with Crippen LogP contribution in [0.2, 0.25) is 0 Å². The quantitative estimate of drug-likeness (QED) is 0.566. The van der Waals surface area contributed by atoms with Crippen molar-refractivity contribution in [3.63, 3.8) is 0 Å². The van der Waals surface area contributed by atoms with Crippen molar-refractivity contribution in [2.24, 2.45) is 11.7 Å². The number of benzene rings is 1. The van der Waals surface area contributed by atoms with Crippen molar-refractivity contribution in [2.45, 2.75) is 45.6 Å². The minimum atomic E-state index is -0.619. The Morgan fingerprint density at radius 3 is 2.71 bits per heavy atom. The maximum atomic E-state index is 11.7. The van der Waals surface area contributed by atoms with Crippen LogP contribution in [0.15, 0.2) is 18.2 Å². The molecule has 28 heavy (non-hydrogen) atoms. The fourth-order valence-electron chi connectivity index (χ4n) is 3.30. The van der Waals surface area contributed by atoms with Crippen LogP contribution in [0.1, 0.15) is 50.4 Å². The standard InChI is InChI=1S/C19H28N4O5/c1-19(2,3)28-18(25)21-9-8-13-5-4-10-22(12-13)16-11-14(17(20)24)6-7-15(16)23(26)27/h6-7,11,13H,4-5,8-10,12H2,1-3H3,(H2,20,24)(H,21,25). The molecule has 1 heterocycles. The highest BCUT2D eigenvalue weighted by Crippen LogP contribution is 2.33. The summed E-state index contributed by atoms with van der Waals surface area (Å²) in [5.41, 5.74) is 5.39. The minimum Gasteiger partial charge on any atom is -0.444 e. The summed E-state index contributed by atoms with van der Waals surface area (Å²) in [5, 5.41) is 14.1. The summed E-state index contributed by atoms with van der Waals surface area (Å²) in [6, 6.07) is 4.18. The van der Waals surface area contributed by atoms with Gasteiger partial charge in [-0.3, -0.25) is 14.9 Å². The predicted octanol–water partition coefficient (Wildman–Crippen LogP) is 2.82. The SMILES string of the molecule is CC(C)(C)OC(=O)NCCC1CCCN(c2cc(C(N)=O)ccc2[N+](=O)[O-])C1. The number of amides is 2. The number of ether oxygens (including phenoxy) is 1. The molecule has 154 valence electrons. The van der Waals surface area contributed by atoms with Gasteiger partial charge in [-0.15, -0.1) is 0 Å². The lowest BCUT2D eigenvalue weighted by atomic mass is 9.94. The average Bonchev–Trinajstić information content (AvgIpc) is 2.59. The Bertz CT molecular complexity index is 744. The molecule has 0 aliphatic carbocycles. The van der Waals surface area contributed by atoms with Gasteiger partial charge in [-0.1, -0.05) is 0 Å². The summed E-state index contributed by atoms with van der Waals surface area (Å²) in [6.07, 6.45) is 2.12. The molecule has 1 atom stereocenters. The number of nitrogens with zero attached hydrogens (tertiary/aromatic N) is 2. The van der Waals surface area contributed by atoms with Gasteiger partial charge in [0.1, 0.15) is 11.3 Å². The van der Waals surface area contributed by atoms with Gasteiger partial charge in [0.15, 0.2) is 0 Å². The molecule has 2 amide bonds. The van der Waals surface area contributed by atoms with Gasteiger partial charge in [0.05, 0.1) is 4.92 Å². The van der Waals surface area contributed by atoms with Crippen LogP contribution in [-0.2, 0) is 4.74 Å². The van der Waals surface area contributed by atoms with E-state index in [1.165, 1.54) is 18.2 Å². The number of anilines is 1. The van der Waals surface area contributed by atoms with Crippen LogP contribution >= 0.6 is 0 Å². The first-order chi connectivity index (χ1) is 13.1. The lowest BCUT2D eigenvalue weighted by Crippen LogP contribution is -2.38. The zero-order valence-electron chi connectivity index (χ0n) is 16.6. The number of nitro groups is 1. The zero-order valence-corrected chi connectivity index (χ0v) is 16.6. The number of primary amides is 1. The number of alkyl carbamates (subject to hydrolysis) is 1. The van der Waals surface area contributed by atoms with E-state index in [0.717, 1.165) is 19.3 Å². The van der Waals surface area contributed by atoms with Crippen LogP contribution in [0.3, 0.4) is 0 Å². The first kappa shape index (κ1) is 21.5. The van der Waals surface area contributed by atoms with Crippen molar-refractivity contribution in [2.75, 3.05) is 24.5 Å². The van der Waals surface area contributed by atoms with Crippen LogP contribution in [0, 0.1) is 16.0 Å². The van der Waals surface area contributed by atoms with Gasteiger partial charge < -0.3 is 20.7 Å². The number of rotatable bonds is 6. The zero-order chi connectivity index (χ0) is 20.9. The predicted molar refractivity (Wildman–Crippen MR) is 105 cm³/mol. The molecule has 1 aromatic rings. The van der Waals surface area contributed by atoms with Gasteiger partial charge in [0, 0.05) is 31.3 Å². The summed E-state index contributed by atoms with van der Waals surface area (Å²) in [4.78, 5) is 36.1. The molecule has 3 N–H and O–H groups in total. The van der Waals surface area contributed by atoms with E-state index < -0.39 is 22.5 Å². The van der Waals surface area contributed by atoms with E-state index in [0.29, 0.717) is 25.3 Å². The number of carbonyl (C=O) groups excluding carboxylic acids is 2. The number of piperidine rings is 1. The minimum absolute atomic E-state index is 0.0440. The third-order valence-electron chi connectivity index (χ3n) is 4.54. The number of nitrogens with one attached hydrogen (secondary N) is 1. The lowest BCUT2D eigenvalue weighted by molar-refractivity contribution is -0.384. The maximum Gasteiger partial charge on any atom is 0.407 e. The molecule has 0 saturated carbocycles. The summed E-state index contributed by atoms with van der Waals surface area (Å²) in [7, 11) is 0. The van der Waals surface area contributed by atoms with Crippen molar-refractivity contribution in [1.29, 1.82) is 0 Å². The average molecular weight is 392 g/mol. The third-order valence-corrected chi connectivity index (χ3v) is 4.54. The monoisotopic (exact) mass is 392 g/mol.